The van der Waals surface area contributed by atoms with E-state index >= 15 is 0 Å². The van der Waals surface area contributed by atoms with Gasteiger partial charge in [0.2, 0.25) is 5.43 Å². The molecule has 0 saturated carbocycles. The Morgan fingerprint density at radius 3 is 2.57 bits per heavy atom. The highest BCUT2D eigenvalue weighted by Crippen LogP contribution is 2.33. The van der Waals surface area contributed by atoms with Crippen LogP contribution in [0.3, 0.4) is 0 Å². The maximum atomic E-state index is 12.4. The average molecular weight is 316 g/mol. The van der Waals surface area contributed by atoms with Gasteiger partial charge in [-0.25, -0.2) is 0 Å². The van der Waals surface area contributed by atoms with Crippen LogP contribution in [0.15, 0.2) is 51.7 Å². The lowest BCUT2D eigenvalue weighted by Crippen LogP contribution is -2.08. The van der Waals surface area contributed by atoms with Crippen LogP contribution < -0.4 is 5.43 Å². The second-order valence-corrected chi connectivity index (χ2v) is 5.21. The van der Waals surface area contributed by atoms with Gasteiger partial charge >= 0.3 is 0 Å². The summed E-state index contributed by atoms with van der Waals surface area (Å²) >= 11 is 12.0. The first kappa shape index (κ1) is 13.7. The second-order valence-electron chi connectivity index (χ2n) is 4.37. The van der Waals surface area contributed by atoms with Crippen molar-refractivity contribution in [3.05, 3.63) is 68.3 Å². The maximum absolute atomic E-state index is 12.4. The van der Waals surface area contributed by atoms with E-state index in [1.54, 1.807) is 36.4 Å². The SMILES string of the molecule is N#Cc1c(-c2ccc(Cl)cc2Cl)oc2ccccc2c1=O. The number of hydrogen-bond donors (Lipinski definition) is 0. The van der Waals surface area contributed by atoms with Gasteiger partial charge in [-0.3, -0.25) is 4.79 Å². The zero-order chi connectivity index (χ0) is 15.0. The van der Waals surface area contributed by atoms with Crippen molar-refractivity contribution in [1.29, 1.82) is 5.26 Å². The summed E-state index contributed by atoms with van der Waals surface area (Å²) < 4.78 is 5.72. The molecule has 3 nitrogen and oxygen atoms in total. The second kappa shape index (κ2) is 5.25. The maximum Gasteiger partial charge on any atom is 0.211 e. The quantitative estimate of drug-likeness (QED) is 0.657. The third-order valence-corrected chi connectivity index (χ3v) is 3.63. The number of nitrogens with zero attached hydrogens (tertiary/aromatic N) is 1. The van der Waals surface area contributed by atoms with Crippen LogP contribution in [0, 0.1) is 11.3 Å². The van der Waals surface area contributed by atoms with Gasteiger partial charge in [-0.05, 0) is 30.3 Å². The standard InChI is InChI=1S/C16H7Cl2NO2/c17-9-5-6-10(13(18)7-9)16-12(8-19)15(20)11-3-1-2-4-14(11)21-16/h1-7H. The topological polar surface area (TPSA) is 54.0 Å². The summed E-state index contributed by atoms with van der Waals surface area (Å²) in [4.78, 5) is 12.4. The highest BCUT2D eigenvalue weighted by atomic mass is 35.5. The Hall–Kier alpha value is -2.28. The number of fused-ring (bicyclic) bond motifs is 1. The molecule has 1 aromatic heterocycles. The van der Waals surface area contributed by atoms with E-state index in [0.717, 1.165) is 0 Å². The summed E-state index contributed by atoms with van der Waals surface area (Å²) in [7, 11) is 0. The molecule has 0 fully saturated rings. The molecule has 0 spiro atoms. The Labute approximate surface area is 130 Å². The zero-order valence-corrected chi connectivity index (χ0v) is 12.1. The Morgan fingerprint density at radius 1 is 1.10 bits per heavy atom. The van der Waals surface area contributed by atoms with Crippen molar-refractivity contribution in [2.24, 2.45) is 0 Å². The molecule has 0 unspecified atom stereocenters. The number of rotatable bonds is 1. The first-order valence-corrected chi connectivity index (χ1v) is 6.79. The molecule has 3 aromatic rings. The van der Waals surface area contributed by atoms with Gasteiger partial charge in [0.15, 0.2) is 5.76 Å². The summed E-state index contributed by atoms with van der Waals surface area (Å²) in [5.74, 6) is 0.155. The fourth-order valence-corrected chi connectivity index (χ4v) is 2.60. The predicted molar refractivity (Wildman–Crippen MR) is 82.7 cm³/mol. The molecule has 102 valence electrons. The molecular formula is C16H7Cl2NO2. The molecule has 0 N–H and O–H groups in total. The van der Waals surface area contributed by atoms with Crippen molar-refractivity contribution in [2.45, 2.75) is 0 Å². The molecule has 0 aliphatic carbocycles. The lowest BCUT2D eigenvalue weighted by atomic mass is 10.1. The normalized spacial score (nSPS) is 10.5. The van der Waals surface area contributed by atoms with Crippen molar-refractivity contribution in [3.63, 3.8) is 0 Å². The number of benzene rings is 2. The molecule has 2 aromatic carbocycles. The summed E-state index contributed by atoms with van der Waals surface area (Å²) in [6.45, 7) is 0. The van der Waals surface area contributed by atoms with E-state index in [1.807, 2.05) is 6.07 Å². The summed E-state index contributed by atoms with van der Waals surface area (Å²) in [5.41, 5.74) is 0.418. The Bertz CT molecular complexity index is 955. The molecule has 0 aliphatic heterocycles. The van der Waals surface area contributed by atoms with Gasteiger partial charge in [0.25, 0.3) is 0 Å². The third-order valence-electron chi connectivity index (χ3n) is 3.09. The number of nitriles is 1. The van der Waals surface area contributed by atoms with Crippen LogP contribution in [0.4, 0.5) is 0 Å². The molecule has 1 heterocycles. The van der Waals surface area contributed by atoms with Crippen LogP contribution in [0.2, 0.25) is 10.0 Å². The van der Waals surface area contributed by atoms with Gasteiger partial charge in [-0.15, -0.1) is 0 Å². The minimum absolute atomic E-state index is 0.0714. The van der Waals surface area contributed by atoms with Crippen molar-refractivity contribution in [1.82, 2.24) is 0 Å². The monoisotopic (exact) mass is 315 g/mol. The number of para-hydroxylation sites is 1. The minimum Gasteiger partial charge on any atom is -0.454 e. The van der Waals surface area contributed by atoms with Crippen LogP contribution >= 0.6 is 23.2 Å². The predicted octanol–water partition coefficient (Wildman–Crippen LogP) is 4.64. The van der Waals surface area contributed by atoms with E-state index in [0.29, 0.717) is 26.6 Å². The summed E-state index contributed by atoms with van der Waals surface area (Å²) in [6.07, 6.45) is 0. The van der Waals surface area contributed by atoms with Crippen LogP contribution in [-0.2, 0) is 0 Å². The van der Waals surface area contributed by atoms with E-state index in [1.165, 1.54) is 6.07 Å². The number of hydrogen-bond acceptors (Lipinski definition) is 3. The van der Waals surface area contributed by atoms with Gasteiger partial charge in [0.1, 0.15) is 17.2 Å². The highest BCUT2D eigenvalue weighted by Gasteiger charge is 2.17. The Morgan fingerprint density at radius 2 is 1.86 bits per heavy atom. The van der Waals surface area contributed by atoms with E-state index in [2.05, 4.69) is 0 Å². The Kier molecular flexibility index (Phi) is 3.42. The molecule has 5 heteroatoms. The van der Waals surface area contributed by atoms with Gasteiger partial charge in [-0.2, -0.15) is 5.26 Å². The first-order valence-electron chi connectivity index (χ1n) is 6.03. The van der Waals surface area contributed by atoms with Crippen LogP contribution in [-0.4, -0.2) is 0 Å². The molecule has 3 rings (SSSR count). The van der Waals surface area contributed by atoms with Crippen LogP contribution in [0.1, 0.15) is 5.56 Å². The van der Waals surface area contributed by atoms with Gasteiger partial charge < -0.3 is 4.42 Å². The summed E-state index contributed by atoms with van der Waals surface area (Å²) in [5, 5.41) is 10.4. The highest BCUT2D eigenvalue weighted by molar-refractivity contribution is 6.36. The first-order chi connectivity index (χ1) is 10.1. The average Bonchev–Trinajstić information content (AvgIpc) is 2.47. The van der Waals surface area contributed by atoms with Crippen molar-refractivity contribution in [2.75, 3.05) is 0 Å². The van der Waals surface area contributed by atoms with E-state index in [9.17, 15) is 10.1 Å². The summed E-state index contributed by atoms with van der Waals surface area (Å²) in [6, 6.07) is 13.4. The molecular weight excluding hydrogens is 309 g/mol. The molecule has 0 bridgehead atoms. The zero-order valence-electron chi connectivity index (χ0n) is 10.6. The lowest BCUT2D eigenvalue weighted by Gasteiger charge is -2.07. The smallest absolute Gasteiger partial charge is 0.211 e. The van der Waals surface area contributed by atoms with Gasteiger partial charge in [0, 0.05) is 10.6 Å². The van der Waals surface area contributed by atoms with Crippen LogP contribution in [0.25, 0.3) is 22.3 Å². The third kappa shape index (κ3) is 2.29. The minimum atomic E-state index is -0.375. The van der Waals surface area contributed by atoms with Crippen LogP contribution in [0.5, 0.6) is 0 Å². The molecule has 0 amide bonds. The van der Waals surface area contributed by atoms with Crippen molar-refractivity contribution < 1.29 is 4.42 Å². The molecule has 0 saturated heterocycles. The Balaban J connectivity index is 2.42. The molecule has 0 aliphatic rings. The fraction of sp³-hybridized carbons (Fsp3) is 0. The van der Waals surface area contributed by atoms with Gasteiger partial charge in [-0.1, -0.05) is 35.3 Å². The molecule has 21 heavy (non-hydrogen) atoms. The molecule has 0 radical (unpaired) electrons. The molecule has 0 atom stereocenters. The van der Waals surface area contributed by atoms with E-state index < -0.39 is 0 Å². The number of halogens is 2. The van der Waals surface area contributed by atoms with Gasteiger partial charge in [0.05, 0.1) is 10.4 Å². The van der Waals surface area contributed by atoms with Crippen molar-refractivity contribution >= 4 is 34.2 Å². The lowest BCUT2D eigenvalue weighted by molar-refractivity contribution is 0.617. The van der Waals surface area contributed by atoms with E-state index in [-0.39, 0.29) is 16.8 Å². The fourth-order valence-electron chi connectivity index (χ4n) is 2.11. The van der Waals surface area contributed by atoms with Crippen molar-refractivity contribution in [3.8, 4) is 17.4 Å². The largest absolute Gasteiger partial charge is 0.454 e. The van der Waals surface area contributed by atoms with E-state index in [4.69, 9.17) is 27.6 Å².